The van der Waals surface area contributed by atoms with Gasteiger partial charge in [0.15, 0.2) is 0 Å². The first-order valence-electron chi connectivity index (χ1n) is 6.66. The summed E-state index contributed by atoms with van der Waals surface area (Å²) in [6.45, 7) is 4.24. The molecule has 1 aromatic heterocycles. The van der Waals surface area contributed by atoms with E-state index >= 15 is 0 Å². The third-order valence-corrected chi connectivity index (χ3v) is 4.59. The van der Waals surface area contributed by atoms with Gasteiger partial charge in [0.25, 0.3) is 0 Å². The minimum atomic E-state index is 1.27. The van der Waals surface area contributed by atoms with E-state index in [9.17, 15) is 0 Å². The monoisotopic (exact) mass is 456 g/mol. The molecular formula is C18H16AtN. The van der Waals surface area contributed by atoms with Gasteiger partial charge in [-0.3, -0.25) is 0 Å². The fourth-order valence-corrected chi connectivity index (χ4v) is 3.25. The second-order valence-corrected chi connectivity index (χ2v) is 6.57. The molecule has 0 aliphatic carbocycles. The van der Waals surface area contributed by atoms with Gasteiger partial charge in [-0.15, -0.1) is 0 Å². The molecule has 0 spiro atoms. The van der Waals surface area contributed by atoms with Crippen molar-refractivity contribution < 1.29 is 25.0 Å². The number of rotatable bonds is 2. The molecule has 0 N–H and O–H groups in total. The summed E-state index contributed by atoms with van der Waals surface area (Å²) in [5, 5.41) is 0. The van der Waals surface area contributed by atoms with Crippen molar-refractivity contribution in [2.24, 2.45) is 0 Å². The molecule has 100 valence electrons. The van der Waals surface area contributed by atoms with Crippen LogP contribution in [0.2, 0.25) is 0 Å². The van der Waals surface area contributed by atoms with Crippen molar-refractivity contribution >= 4 is 0 Å². The molecule has 2 heteroatoms. The fraction of sp³-hybridized carbons (Fsp3) is 0.111. The summed E-state index contributed by atoms with van der Waals surface area (Å²) in [5.74, 6) is 0. The van der Waals surface area contributed by atoms with Crippen LogP contribution in [-0.4, -0.2) is 2.51 Å². The van der Waals surface area contributed by atoms with Gasteiger partial charge in [0.05, 0.1) is 0 Å². The molecule has 0 atom stereocenters. The van der Waals surface area contributed by atoms with E-state index in [0.717, 1.165) is 0 Å². The van der Waals surface area contributed by atoms with Crippen LogP contribution in [-0.2, 0) is 0 Å². The Morgan fingerprint density at radius 3 is 1.75 bits per heavy atom. The summed E-state index contributed by atoms with van der Waals surface area (Å²) in [6.07, 6.45) is 2.22. The van der Waals surface area contributed by atoms with Gasteiger partial charge in [-0.2, -0.15) is 0 Å². The van der Waals surface area contributed by atoms with Gasteiger partial charge in [-0.25, -0.2) is 0 Å². The normalized spacial score (nSPS) is 10.8. The van der Waals surface area contributed by atoms with Crippen molar-refractivity contribution in [2.45, 2.75) is 13.8 Å². The Labute approximate surface area is 135 Å². The van der Waals surface area contributed by atoms with Crippen molar-refractivity contribution in [3.05, 3.63) is 71.9 Å². The molecule has 20 heavy (non-hydrogen) atoms. The van der Waals surface area contributed by atoms with Crippen LogP contribution >= 0.6 is 0 Å². The number of aryl methyl sites for hydroxylation is 2. The third kappa shape index (κ3) is 2.71. The maximum atomic E-state index is 2.27. The molecule has 1 nitrogen and oxygen atoms in total. The van der Waals surface area contributed by atoms with Crippen LogP contribution in [0.5, 0.6) is 0 Å². The van der Waals surface area contributed by atoms with E-state index < -0.39 is 0 Å². The molecule has 0 unspecified atom stereocenters. The van der Waals surface area contributed by atoms with Gasteiger partial charge in [-0.1, -0.05) is 0 Å². The number of aromatic nitrogens is 1. The predicted octanol–water partition coefficient (Wildman–Crippen LogP) is 4.75. The number of benzene rings is 2. The number of nitrogens with zero attached hydrogens (tertiary/aromatic N) is 1. The molecule has 3 aromatic rings. The minimum absolute atomic E-state index is 1.27. The van der Waals surface area contributed by atoms with Crippen molar-refractivity contribution in [2.75, 3.05) is 0 Å². The molecule has 0 radical (unpaired) electrons. The molecule has 0 bridgehead atoms. The quantitative estimate of drug-likeness (QED) is 0.525. The zero-order valence-electron chi connectivity index (χ0n) is 11.6. The summed E-state index contributed by atoms with van der Waals surface area (Å²) < 4.78 is 2.25. The predicted molar refractivity (Wildman–Crippen MR) is 80.2 cm³/mol. The third-order valence-electron chi connectivity index (χ3n) is 3.51. The van der Waals surface area contributed by atoms with Crippen LogP contribution in [0.15, 0.2) is 60.8 Å². The molecular weight excluding hydrogens is 440 g/mol. The maximum absolute atomic E-state index is 2.27. The van der Waals surface area contributed by atoms with Crippen molar-refractivity contribution in [1.29, 1.82) is 0 Å². The van der Waals surface area contributed by atoms with Crippen LogP contribution in [0.1, 0.15) is 11.1 Å². The molecule has 0 fully saturated rings. The second kappa shape index (κ2) is 5.54. The van der Waals surface area contributed by atoms with E-state index in [1.807, 2.05) is 0 Å². The molecule has 0 saturated carbocycles. The van der Waals surface area contributed by atoms with Gasteiger partial charge in [0.1, 0.15) is 0 Å². The van der Waals surface area contributed by atoms with Gasteiger partial charge < -0.3 is 0 Å². The Hall–Kier alpha value is -1.40. The molecule has 0 amide bonds. The number of hydrogen-bond donors (Lipinski definition) is 0. The first-order chi connectivity index (χ1) is 9.63. The SMILES string of the molecule is Cc1ccc(-c2cc(-c3ccc(C)cc3)n([At])c2)cc1. The summed E-state index contributed by atoms with van der Waals surface area (Å²) >= 11 is 1.66. The molecule has 0 aliphatic rings. The summed E-state index contributed by atoms with van der Waals surface area (Å²) in [4.78, 5) is 0. The van der Waals surface area contributed by atoms with Gasteiger partial charge in [0, 0.05) is 0 Å². The van der Waals surface area contributed by atoms with E-state index in [2.05, 4.69) is 77.2 Å². The average molecular weight is 456 g/mol. The van der Waals surface area contributed by atoms with E-state index in [4.69, 9.17) is 0 Å². The molecule has 3 rings (SSSR count). The zero-order valence-corrected chi connectivity index (χ0v) is 14.5. The summed E-state index contributed by atoms with van der Waals surface area (Å²) in [6, 6.07) is 19.7. The topological polar surface area (TPSA) is 4.93 Å². The average Bonchev–Trinajstić information content (AvgIpc) is 2.82. The molecule has 1 heterocycles. The van der Waals surface area contributed by atoms with Crippen LogP contribution in [0.3, 0.4) is 0 Å². The Morgan fingerprint density at radius 2 is 1.20 bits per heavy atom. The second-order valence-electron chi connectivity index (χ2n) is 5.16. The Balaban J connectivity index is 2.02. The Kier molecular flexibility index (Phi) is 3.76. The first kappa shape index (κ1) is 13.6. The van der Waals surface area contributed by atoms with E-state index in [-0.39, 0.29) is 0 Å². The molecule has 0 aliphatic heterocycles. The Morgan fingerprint density at radius 1 is 0.700 bits per heavy atom. The van der Waals surface area contributed by atoms with Gasteiger partial charge in [-0.05, 0) is 0 Å². The molecule has 0 saturated heterocycles. The van der Waals surface area contributed by atoms with Gasteiger partial charge >= 0.3 is 136 Å². The van der Waals surface area contributed by atoms with Crippen LogP contribution in [0.25, 0.3) is 22.4 Å². The van der Waals surface area contributed by atoms with E-state index in [1.165, 1.54) is 33.5 Å². The first-order valence-corrected chi connectivity index (χ1v) is 7.97. The van der Waals surface area contributed by atoms with Crippen LogP contribution in [0, 0.1) is 38.9 Å². The summed E-state index contributed by atoms with van der Waals surface area (Å²) in [7, 11) is 0. The molecule has 2 aromatic carbocycles. The standard InChI is InChI=1S/C18H16AtN/c1-13-3-7-15(8-4-13)17-11-18(20(19)12-17)16-9-5-14(2)6-10-16/h3-12H,1-2H3. The van der Waals surface area contributed by atoms with Crippen molar-refractivity contribution in [3.63, 3.8) is 0 Å². The Bertz CT molecular complexity index is 721. The summed E-state index contributed by atoms with van der Waals surface area (Å²) in [5.41, 5.74) is 7.70. The van der Waals surface area contributed by atoms with E-state index in [0.29, 0.717) is 0 Å². The van der Waals surface area contributed by atoms with Crippen LogP contribution in [0.4, 0.5) is 0 Å². The number of hydrogen-bond acceptors (Lipinski definition) is 0. The van der Waals surface area contributed by atoms with Crippen molar-refractivity contribution in [3.8, 4) is 22.4 Å². The van der Waals surface area contributed by atoms with Crippen molar-refractivity contribution in [1.82, 2.24) is 2.51 Å². The zero-order chi connectivity index (χ0) is 14.1. The van der Waals surface area contributed by atoms with Crippen LogP contribution < -0.4 is 0 Å². The fourth-order valence-electron chi connectivity index (χ4n) is 2.27. The van der Waals surface area contributed by atoms with E-state index in [1.54, 1.807) is 25.0 Å². The van der Waals surface area contributed by atoms with Gasteiger partial charge in [0.2, 0.25) is 0 Å².